The lowest BCUT2D eigenvalue weighted by Crippen LogP contribution is -2.34. The highest BCUT2D eigenvalue weighted by Gasteiger charge is 2.41. The van der Waals surface area contributed by atoms with Gasteiger partial charge in [-0.15, -0.1) is 0 Å². The molecule has 2 fully saturated rings. The van der Waals surface area contributed by atoms with Gasteiger partial charge in [-0.2, -0.15) is 0 Å². The lowest BCUT2D eigenvalue weighted by molar-refractivity contribution is -0.130. The van der Waals surface area contributed by atoms with Gasteiger partial charge >= 0.3 is 0 Å². The molecule has 0 radical (unpaired) electrons. The molecule has 0 saturated carbocycles. The third-order valence-electron chi connectivity index (χ3n) is 4.75. The van der Waals surface area contributed by atoms with Crippen molar-refractivity contribution < 1.29 is 9.59 Å². The number of nitrogens with zero attached hydrogens (tertiary/aromatic N) is 2. The van der Waals surface area contributed by atoms with Gasteiger partial charge in [-0.05, 0) is 12.0 Å². The van der Waals surface area contributed by atoms with Crippen molar-refractivity contribution in [3.63, 3.8) is 0 Å². The largest absolute Gasteiger partial charge is 0.342 e. The molecule has 0 bridgehead atoms. The maximum atomic E-state index is 12.3. The molecule has 2 heterocycles. The normalized spacial score (nSPS) is 24.2. The number of hydrogen-bond acceptors (Lipinski definition) is 2. The van der Waals surface area contributed by atoms with Crippen molar-refractivity contribution in [2.24, 2.45) is 11.8 Å². The van der Waals surface area contributed by atoms with E-state index < -0.39 is 0 Å². The highest BCUT2D eigenvalue weighted by molar-refractivity contribution is 5.77. The Balaban J connectivity index is 1.49. The van der Waals surface area contributed by atoms with Crippen LogP contribution in [0.4, 0.5) is 0 Å². The molecule has 2 amide bonds. The van der Waals surface area contributed by atoms with E-state index in [2.05, 4.69) is 12.1 Å². The molecule has 0 aliphatic carbocycles. The summed E-state index contributed by atoms with van der Waals surface area (Å²) in [6.07, 6.45) is 1.39. The van der Waals surface area contributed by atoms with Crippen LogP contribution < -0.4 is 0 Å². The van der Waals surface area contributed by atoms with Crippen LogP contribution in [0.15, 0.2) is 30.3 Å². The van der Waals surface area contributed by atoms with Crippen LogP contribution in [0.3, 0.4) is 0 Å². The predicted octanol–water partition coefficient (Wildman–Crippen LogP) is 1.56. The Morgan fingerprint density at radius 3 is 2.14 bits per heavy atom. The minimum atomic E-state index is 0.159. The monoisotopic (exact) mass is 286 g/mol. The van der Waals surface area contributed by atoms with E-state index in [-0.39, 0.29) is 11.8 Å². The standard InChI is InChI=1S/C17H22N2O2/c1-13(20)18-9-15-11-19(12-16(15)10-18)17(21)8-7-14-5-3-2-4-6-14/h2-6,15-16H,7-12H2,1H3/t15-,16+. The van der Waals surface area contributed by atoms with Gasteiger partial charge in [-0.1, -0.05) is 30.3 Å². The Labute approximate surface area is 125 Å². The van der Waals surface area contributed by atoms with Crippen molar-refractivity contribution in [2.45, 2.75) is 19.8 Å². The van der Waals surface area contributed by atoms with Gasteiger partial charge in [0.1, 0.15) is 0 Å². The minimum Gasteiger partial charge on any atom is -0.342 e. The molecule has 3 rings (SSSR count). The molecule has 4 heteroatoms. The summed E-state index contributed by atoms with van der Waals surface area (Å²) in [7, 11) is 0. The second kappa shape index (κ2) is 5.88. The number of aryl methyl sites for hydroxylation is 1. The number of benzene rings is 1. The van der Waals surface area contributed by atoms with Crippen molar-refractivity contribution in [1.82, 2.24) is 9.80 Å². The maximum Gasteiger partial charge on any atom is 0.222 e. The van der Waals surface area contributed by atoms with Crippen LogP contribution in [-0.2, 0) is 16.0 Å². The first-order valence-electron chi connectivity index (χ1n) is 7.70. The third kappa shape index (κ3) is 3.09. The number of fused-ring (bicyclic) bond motifs is 1. The number of likely N-dealkylation sites (tertiary alicyclic amines) is 2. The molecule has 1 aromatic carbocycles. The van der Waals surface area contributed by atoms with Crippen LogP contribution in [0.1, 0.15) is 18.9 Å². The summed E-state index contributed by atoms with van der Waals surface area (Å²) < 4.78 is 0. The fourth-order valence-electron chi connectivity index (χ4n) is 3.51. The smallest absolute Gasteiger partial charge is 0.222 e. The fraction of sp³-hybridized carbons (Fsp3) is 0.529. The van der Waals surface area contributed by atoms with Crippen molar-refractivity contribution in [1.29, 1.82) is 0 Å². The summed E-state index contributed by atoms with van der Waals surface area (Å²) in [6.45, 7) is 4.92. The molecule has 2 saturated heterocycles. The zero-order valence-electron chi connectivity index (χ0n) is 12.5. The van der Waals surface area contributed by atoms with Crippen molar-refractivity contribution in [2.75, 3.05) is 26.2 Å². The van der Waals surface area contributed by atoms with E-state index in [1.807, 2.05) is 28.0 Å². The Kier molecular flexibility index (Phi) is 3.95. The van der Waals surface area contributed by atoms with E-state index in [0.717, 1.165) is 32.6 Å². The average molecular weight is 286 g/mol. The van der Waals surface area contributed by atoms with Crippen molar-refractivity contribution in [3.8, 4) is 0 Å². The summed E-state index contributed by atoms with van der Waals surface area (Å²) in [5.74, 6) is 1.37. The molecule has 0 spiro atoms. The molecule has 2 aliphatic heterocycles. The molecule has 4 nitrogen and oxygen atoms in total. The summed E-state index contributed by atoms with van der Waals surface area (Å²) in [5.41, 5.74) is 1.22. The number of carbonyl (C=O) groups is 2. The van der Waals surface area contributed by atoms with E-state index in [4.69, 9.17) is 0 Å². The van der Waals surface area contributed by atoms with Gasteiger partial charge in [0.25, 0.3) is 0 Å². The number of amides is 2. The highest BCUT2D eigenvalue weighted by atomic mass is 16.2. The third-order valence-corrected chi connectivity index (χ3v) is 4.75. The topological polar surface area (TPSA) is 40.6 Å². The number of carbonyl (C=O) groups excluding carboxylic acids is 2. The van der Waals surface area contributed by atoms with E-state index in [0.29, 0.717) is 18.3 Å². The molecule has 2 aliphatic rings. The van der Waals surface area contributed by atoms with Crippen LogP contribution in [0.25, 0.3) is 0 Å². The minimum absolute atomic E-state index is 0.159. The molecule has 1 aromatic rings. The van der Waals surface area contributed by atoms with Gasteiger partial charge in [0.05, 0.1) is 0 Å². The molecular formula is C17H22N2O2. The second-order valence-corrected chi connectivity index (χ2v) is 6.23. The van der Waals surface area contributed by atoms with Crippen LogP contribution in [0.5, 0.6) is 0 Å². The van der Waals surface area contributed by atoms with Gasteiger partial charge in [0.2, 0.25) is 11.8 Å². The Bertz CT molecular complexity index is 515. The Morgan fingerprint density at radius 1 is 1.00 bits per heavy atom. The van der Waals surface area contributed by atoms with Gasteiger partial charge in [0, 0.05) is 51.4 Å². The first kappa shape index (κ1) is 14.1. The summed E-state index contributed by atoms with van der Waals surface area (Å²) >= 11 is 0. The highest BCUT2D eigenvalue weighted by Crippen LogP contribution is 2.31. The Morgan fingerprint density at radius 2 is 1.57 bits per heavy atom. The van der Waals surface area contributed by atoms with E-state index in [9.17, 15) is 9.59 Å². The van der Waals surface area contributed by atoms with E-state index in [1.165, 1.54) is 5.56 Å². The van der Waals surface area contributed by atoms with Crippen LogP contribution in [0.2, 0.25) is 0 Å². The van der Waals surface area contributed by atoms with E-state index >= 15 is 0 Å². The van der Waals surface area contributed by atoms with Crippen molar-refractivity contribution in [3.05, 3.63) is 35.9 Å². The first-order chi connectivity index (χ1) is 10.1. The van der Waals surface area contributed by atoms with Gasteiger partial charge in [-0.3, -0.25) is 9.59 Å². The Hall–Kier alpha value is -1.84. The van der Waals surface area contributed by atoms with Crippen LogP contribution >= 0.6 is 0 Å². The van der Waals surface area contributed by atoms with Crippen LogP contribution in [-0.4, -0.2) is 47.8 Å². The molecule has 112 valence electrons. The summed E-state index contributed by atoms with van der Waals surface area (Å²) in [5, 5.41) is 0. The molecule has 2 atom stereocenters. The van der Waals surface area contributed by atoms with Crippen molar-refractivity contribution >= 4 is 11.8 Å². The molecule has 0 unspecified atom stereocenters. The summed E-state index contributed by atoms with van der Waals surface area (Å²) in [6, 6.07) is 10.1. The first-order valence-corrected chi connectivity index (χ1v) is 7.70. The lowest BCUT2D eigenvalue weighted by Gasteiger charge is -2.21. The SMILES string of the molecule is CC(=O)N1C[C@@H]2CN(C(=O)CCc3ccccc3)C[C@@H]2C1. The zero-order valence-corrected chi connectivity index (χ0v) is 12.5. The van der Waals surface area contributed by atoms with Gasteiger partial charge in [0.15, 0.2) is 0 Å². The molecule has 21 heavy (non-hydrogen) atoms. The number of rotatable bonds is 3. The maximum absolute atomic E-state index is 12.3. The van der Waals surface area contributed by atoms with Gasteiger partial charge < -0.3 is 9.80 Å². The quantitative estimate of drug-likeness (QED) is 0.846. The molecule has 0 N–H and O–H groups in total. The van der Waals surface area contributed by atoms with Gasteiger partial charge in [-0.25, -0.2) is 0 Å². The zero-order chi connectivity index (χ0) is 14.8. The fourth-order valence-corrected chi connectivity index (χ4v) is 3.51. The molecular weight excluding hydrogens is 264 g/mol. The number of hydrogen-bond donors (Lipinski definition) is 0. The molecule has 0 aromatic heterocycles. The summed E-state index contributed by atoms with van der Waals surface area (Å²) in [4.78, 5) is 27.6. The predicted molar refractivity (Wildman–Crippen MR) is 80.6 cm³/mol. The van der Waals surface area contributed by atoms with E-state index in [1.54, 1.807) is 6.92 Å². The average Bonchev–Trinajstić information content (AvgIpc) is 3.04. The van der Waals surface area contributed by atoms with Crippen LogP contribution in [0, 0.1) is 11.8 Å². The second-order valence-electron chi connectivity index (χ2n) is 6.23. The lowest BCUT2D eigenvalue weighted by atomic mass is 10.0.